The molecule has 0 amide bonds. The van der Waals surface area contributed by atoms with E-state index in [0.29, 0.717) is 6.61 Å². The molecule has 86 valence electrons. The van der Waals surface area contributed by atoms with Gasteiger partial charge < -0.3 is 9.47 Å². The second kappa shape index (κ2) is 6.95. The maximum Gasteiger partial charge on any atom is 0.330 e. The lowest BCUT2D eigenvalue weighted by molar-refractivity contribution is -0.138. The summed E-state index contributed by atoms with van der Waals surface area (Å²) in [6.45, 7) is 3.88. The number of carbonyl (C=O) groups is 1. The van der Waals surface area contributed by atoms with Gasteiger partial charge in [-0.1, -0.05) is 6.58 Å². The molecule has 1 aromatic rings. The molecule has 1 aromatic carbocycles. The second-order valence-corrected chi connectivity index (χ2v) is 3.78. The van der Waals surface area contributed by atoms with Gasteiger partial charge in [0.2, 0.25) is 0 Å². The van der Waals surface area contributed by atoms with Crippen molar-refractivity contribution in [3.63, 3.8) is 0 Å². The minimum absolute atomic E-state index is 0.231. The summed E-state index contributed by atoms with van der Waals surface area (Å²) in [4.78, 5) is 11.9. The molecular weight excluding hydrogens is 224 g/mol. The van der Waals surface area contributed by atoms with Crippen molar-refractivity contribution < 1.29 is 14.3 Å². The van der Waals surface area contributed by atoms with Crippen molar-refractivity contribution in [1.82, 2.24) is 0 Å². The summed E-state index contributed by atoms with van der Waals surface area (Å²) < 4.78 is 10.2. The molecule has 0 unspecified atom stereocenters. The van der Waals surface area contributed by atoms with Crippen molar-refractivity contribution in [3.8, 4) is 5.75 Å². The zero-order chi connectivity index (χ0) is 11.8. The molecule has 0 N–H and O–H groups in total. The quantitative estimate of drug-likeness (QED) is 0.330. The van der Waals surface area contributed by atoms with E-state index in [1.165, 1.54) is 4.90 Å². The molecule has 0 aliphatic heterocycles. The van der Waals surface area contributed by atoms with Gasteiger partial charge in [-0.05, 0) is 30.5 Å². The van der Waals surface area contributed by atoms with Crippen LogP contribution >= 0.6 is 11.8 Å². The average Bonchev–Trinajstić information content (AvgIpc) is 2.35. The Morgan fingerprint density at radius 2 is 2.06 bits per heavy atom. The van der Waals surface area contributed by atoms with Crippen LogP contribution in [0.2, 0.25) is 0 Å². The van der Waals surface area contributed by atoms with Crippen LogP contribution in [0.25, 0.3) is 0 Å². The van der Waals surface area contributed by atoms with Crippen molar-refractivity contribution in [2.24, 2.45) is 0 Å². The molecule has 0 fully saturated rings. The average molecular weight is 238 g/mol. The van der Waals surface area contributed by atoms with Crippen LogP contribution in [0, 0.1) is 0 Å². The van der Waals surface area contributed by atoms with Crippen molar-refractivity contribution in [3.05, 3.63) is 36.9 Å². The lowest BCUT2D eigenvalue weighted by Gasteiger charge is -2.06. The molecular formula is C12H14O3S. The Morgan fingerprint density at radius 1 is 1.38 bits per heavy atom. The largest absolute Gasteiger partial charge is 0.490 e. The number of esters is 1. The predicted molar refractivity (Wildman–Crippen MR) is 64.9 cm³/mol. The fourth-order valence-electron chi connectivity index (χ4n) is 1.03. The first-order chi connectivity index (χ1) is 7.76. The molecule has 0 radical (unpaired) electrons. The van der Waals surface area contributed by atoms with E-state index in [4.69, 9.17) is 9.47 Å². The highest BCUT2D eigenvalue weighted by atomic mass is 32.2. The molecule has 0 saturated carbocycles. The first-order valence-electron chi connectivity index (χ1n) is 4.82. The van der Waals surface area contributed by atoms with E-state index in [2.05, 4.69) is 6.58 Å². The number of rotatable bonds is 6. The molecule has 3 nitrogen and oxygen atoms in total. The van der Waals surface area contributed by atoms with E-state index < -0.39 is 5.97 Å². The fraction of sp³-hybridized carbons (Fsp3) is 0.250. The van der Waals surface area contributed by atoms with Crippen molar-refractivity contribution >= 4 is 17.7 Å². The second-order valence-electron chi connectivity index (χ2n) is 2.90. The van der Waals surface area contributed by atoms with Gasteiger partial charge in [0, 0.05) is 11.0 Å². The standard InChI is InChI=1S/C12H14O3S/c1-3-12(13)15-9-8-14-10-4-6-11(16-2)7-5-10/h3-7H,1,8-9H2,2H3. The Labute approximate surface area is 99.4 Å². The smallest absolute Gasteiger partial charge is 0.330 e. The van der Waals surface area contributed by atoms with Crippen LogP contribution in [0.4, 0.5) is 0 Å². The topological polar surface area (TPSA) is 35.5 Å². The summed E-state index contributed by atoms with van der Waals surface area (Å²) >= 11 is 1.68. The molecule has 0 spiro atoms. The number of benzene rings is 1. The normalized spacial score (nSPS) is 9.56. The summed E-state index contributed by atoms with van der Waals surface area (Å²) in [6.07, 6.45) is 3.15. The third kappa shape index (κ3) is 4.40. The third-order valence-electron chi connectivity index (χ3n) is 1.82. The van der Waals surface area contributed by atoms with Gasteiger partial charge in [-0.25, -0.2) is 4.79 Å². The number of thioether (sulfide) groups is 1. The minimum Gasteiger partial charge on any atom is -0.490 e. The monoisotopic (exact) mass is 238 g/mol. The van der Waals surface area contributed by atoms with Crippen LogP contribution < -0.4 is 4.74 Å². The summed E-state index contributed by atoms with van der Waals surface area (Å²) in [6, 6.07) is 7.74. The van der Waals surface area contributed by atoms with Gasteiger partial charge in [0.25, 0.3) is 0 Å². The van der Waals surface area contributed by atoms with Crippen LogP contribution in [0.5, 0.6) is 5.75 Å². The summed E-state index contributed by atoms with van der Waals surface area (Å²) in [7, 11) is 0. The Balaban J connectivity index is 2.26. The molecule has 0 aliphatic carbocycles. The molecule has 0 aromatic heterocycles. The zero-order valence-electron chi connectivity index (χ0n) is 9.14. The Hall–Kier alpha value is -1.42. The van der Waals surface area contributed by atoms with Crippen molar-refractivity contribution in [1.29, 1.82) is 0 Å². The Morgan fingerprint density at radius 3 is 2.62 bits per heavy atom. The first-order valence-corrected chi connectivity index (χ1v) is 6.05. The van der Waals surface area contributed by atoms with Gasteiger partial charge in [-0.2, -0.15) is 0 Å². The predicted octanol–water partition coefficient (Wildman–Crippen LogP) is 2.52. The highest BCUT2D eigenvalue weighted by Crippen LogP contribution is 2.18. The van der Waals surface area contributed by atoms with Crippen LogP contribution in [-0.2, 0) is 9.53 Å². The highest BCUT2D eigenvalue weighted by Gasteiger charge is 1.97. The van der Waals surface area contributed by atoms with Crippen LogP contribution in [-0.4, -0.2) is 25.4 Å². The molecule has 4 heteroatoms. The molecule has 0 heterocycles. The minimum atomic E-state index is -0.429. The van der Waals surface area contributed by atoms with Gasteiger partial charge >= 0.3 is 5.97 Å². The SMILES string of the molecule is C=CC(=O)OCCOc1ccc(SC)cc1. The Kier molecular flexibility index (Phi) is 5.50. The number of hydrogen-bond donors (Lipinski definition) is 0. The first kappa shape index (κ1) is 12.6. The van der Waals surface area contributed by atoms with Crippen LogP contribution in [0.15, 0.2) is 41.8 Å². The zero-order valence-corrected chi connectivity index (χ0v) is 9.96. The Bertz CT molecular complexity index is 346. The van der Waals surface area contributed by atoms with E-state index in [-0.39, 0.29) is 6.61 Å². The van der Waals surface area contributed by atoms with Gasteiger partial charge in [-0.3, -0.25) is 0 Å². The maximum absolute atomic E-state index is 10.7. The molecule has 0 atom stereocenters. The number of ether oxygens (including phenoxy) is 2. The molecule has 0 aliphatic rings. The lowest BCUT2D eigenvalue weighted by Crippen LogP contribution is -2.10. The summed E-state index contributed by atoms with van der Waals surface area (Å²) in [5.41, 5.74) is 0. The molecule has 0 bridgehead atoms. The van der Waals surface area contributed by atoms with Gasteiger partial charge in [0.1, 0.15) is 19.0 Å². The molecule has 16 heavy (non-hydrogen) atoms. The number of hydrogen-bond acceptors (Lipinski definition) is 4. The van der Waals surface area contributed by atoms with Crippen molar-refractivity contribution in [2.75, 3.05) is 19.5 Å². The lowest BCUT2D eigenvalue weighted by atomic mass is 10.3. The summed E-state index contributed by atoms with van der Waals surface area (Å²) in [5, 5.41) is 0. The van der Waals surface area contributed by atoms with E-state index in [9.17, 15) is 4.79 Å². The van der Waals surface area contributed by atoms with Crippen LogP contribution in [0.1, 0.15) is 0 Å². The molecule has 1 rings (SSSR count). The van der Waals surface area contributed by atoms with Gasteiger partial charge in [0.05, 0.1) is 0 Å². The third-order valence-corrected chi connectivity index (χ3v) is 2.57. The fourth-order valence-corrected chi connectivity index (χ4v) is 1.44. The van der Waals surface area contributed by atoms with E-state index in [1.807, 2.05) is 30.5 Å². The van der Waals surface area contributed by atoms with Gasteiger partial charge in [0.15, 0.2) is 0 Å². The van der Waals surface area contributed by atoms with E-state index >= 15 is 0 Å². The van der Waals surface area contributed by atoms with Crippen LogP contribution in [0.3, 0.4) is 0 Å². The van der Waals surface area contributed by atoms with E-state index in [0.717, 1.165) is 11.8 Å². The van der Waals surface area contributed by atoms with Crippen molar-refractivity contribution in [2.45, 2.75) is 4.90 Å². The van der Waals surface area contributed by atoms with Gasteiger partial charge in [-0.15, -0.1) is 11.8 Å². The van der Waals surface area contributed by atoms with E-state index in [1.54, 1.807) is 11.8 Å². The summed E-state index contributed by atoms with van der Waals surface area (Å²) in [5.74, 6) is 0.341. The molecule has 0 saturated heterocycles. The maximum atomic E-state index is 10.7. The number of carbonyl (C=O) groups excluding carboxylic acids is 1. The highest BCUT2D eigenvalue weighted by molar-refractivity contribution is 7.98.